The summed E-state index contributed by atoms with van der Waals surface area (Å²) in [5, 5.41) is 21.4. The van der Waals surface area contributed by atoms with Gasteiger partial charge in [-0.1, -0.05) is 112 Å². The van der Waals surface area contributed by atoms with Crippen LogP contribution in [0.2, 0.25) is 0 Å². The number of amides is 2. The molecule has 6 heterocycles. The van der Waals surface area contributed by atoms with Crippen LogP contribution >= 0.6 is 22.6 Å². The van der Waals surface area contributed by atoms with Crippen LogP contribution in [0, 0.1) is 11.8 Å². The van der Waals surface area contributed by atoms with Crippen molar-refractivity contribution in [1.82, 2.24) is 29.2 Å². The van der Waals surface area contributed by atoms with E-state index in [1.807, 2.05) is 34.7 Å². The maximum atomic E-state index is 15.2. The molecular formula is C43H52F3IN14O4. The summed E-state index contributed by atoms with van der Waals surface area (Å²) in [6, 6.07) is 24.2. The number of alkyl halides is 4. The van der Waals surface area contributed by atoms with Gasteiger partial charge in [0.05, 0.1) is 19.9 Å². The van der Waals surface area contributed by atoms with Gasteiger partial charge < -0.3 is 20.1 Å². The molecule has 0 aliphatic carbocycles. The van der Waals surface area contributed by atoms with Gasteiger partial charge in [-0.2, -0.15) is 10.2 Å². The Morgan fingerprint density at radius 2 is 1.14 bits per heavy atom. The van der Waals surface area contributed by atoms with Gasteiger partial charge in [0.2, 0.25) is 0 Å². The summed E-state index contributed by atoms with van der Waals surface area (Å²) in [5.41, 5.74) is 18.2. The predicted octanol–water partition coefficient (Wildman–Crippen LogP) is 11.4. The van der Waals surface area contributed by atoms with Gasteiger partial charge in [0.1, 0.15) is 48.2 Å². The average molecular weight is 1010 g/mol. The van der Waals surface area contributed by atoms with Crippen LogP contribution < -0.4 is 10.6 Å². The maximum Gasteiger partial charge on any atom is 0.256 e. The van der Waals surface area contributed by atoms with Crippen molar-refractivity contribution in [2.45, 2.75) is 85.5 Å². The molecule has 2 N–H and O–H groups in total. The Morgan fingerprint density at radius 1 is 0.754 bits per heavy atom. The summed E-state index contributed by atoms with van der Waals surface area (Å²) < 4.78 is 61.0. The molecule has 0 spiro atoms. The number of carbonyl (C=O) groups excluding carboxylic acids is 2. The van der Waals surface area contributed by atoms with Crippen LogP contribution in [-0.2, 0) is 9.47 Å². The van der Waals surface area contributed by atoms with Gasteiger partial charge in [0.15, 0.2) is 23.1 Å². The fourth-order valence-corrected chi connectivity index (χ4v) is 8.39. The molecule has 0 unspecified atom stereocenters. The van der Waals surface area contributed by atoms with Crippen molar-refractivity contribution in [3.05, 3.63) is 141 Å². The highest BCUT2D eigenvalue weighted by atomic mass is 127. The molecule has 2 amide bonds. The molecule has 2 aromatic carbocycles. The highest BCUT2D eigenvalue weighted by molar-refractivity contribution is 14.1. The summed E-state index contributed by atoms with van der Waals surface area (Å²) in [4.78, 5) is 39.0. The second kappa shape index (κ2) is 23.0. The molecule has 2 aliphatic rings. The monoisotopic (exact) mass is 1010 g/mol. The first-order valence-electron chi connectivity index (χ1n) is 19.7. The molecule has 65 heavy (non-hydrogen) atoms. The molecule has 2 saturated heterocycles. The summed E-state index contributed by atoms with van der Waals surface area (Å²) in [6.07, 6.45) is -1.85. The van der Waals surface area contributed by atoms with Crippen molar-refractivity contribution < 1.29 is 33.6 Å². The Morgan fingerprint density at radius 3 is 1.52 bits per heavy atom. The molecule has 4 aromatic heterocycles. The Labute approximate surface area is 389 Å². The molecule has 8 rings (SSSR count). The predicted molar refractivity (Wildman–Crippen MR) is 251 cm³/mol. The normalized spacial score (nSPS) is 24.1. The van der Waals surface area contributed by atoms with Crippen LogP contribution in [0.3, 0.4) is 0 Å². The first kappa shape index (κ1) is 51.3. The number of azide groups is 2. The van der Waals surface area contributed by atoms with Gasteiger partial charge in [-0.3, -0.25) is 14.0 Å². The van der Waals surface area contributed by atoms with Crippen LogP contribution in [0.5, 0.6) is 0 Å². The minimum atomic E-state index is -1.40. The number of anilines is 2. The van der Waals surface area contributed by atoms with E-state index < -0.39 is 55.0 Å². The highest BCUT2D eigenvalue weighted by Gasteiger charge is 2.54. The van der Waals surface area contributed by atoms with E-state index in [-0.39, 0.29) is 34.1 Å². The topological polar surface area (TPSA) is 235 Å². The summed E-state index contributed by atoms with van der Waals surface area (Å²) >= 11 is 2.02. The maximum absolute atomic E-state index is 15.2. The zero-order valence-electron chi connectivity index (χ0n) is 34.3. The number of benzene rings is 2. The molecule has 2 fully saturated rings. The lowest BCUT2D eigenvalue weighted by atomic mass is 9.92. The van der Waals surface area contributed by atoms with Crippen LogP contribution in [0.15, 0.2) is 108 Å². The third-order valence-electron chi connectivity index (χ3n) is 10.8. The van der Waals surface area contributed by atoms with Crippen molar-refractivity contribution in [3.63, 3.8) is 0 Å². The number of nitrogens with zero attached hydrogens (tertiary/aromatic N) is 12. The van der Waals surface area contributed by atoms with E-state index in [1.54, 1.807) is 93.6 Å². The van der Waals surface area contributed by atoms with Crippen LogP contribution in [0.4, 0.5) is 24.8 Å². The van der Waals surface area contributed by atoms with Gasteiger partial charge in [0.25, 0.3) is 11.8 Å². The Bertz CT molecular complexity index is 2480. The first-order valence-corrected chi connectivity index (χ1v) is 20.5. The second-order valence-corrected chi connectivity index (χ2v) is 14.8. The van der Waals surface area contributed by atoms with Crippen LogP contribution in [0.25, 0.3) is 31.9 Å². The smallest absolute Gasteiger partial charge is 0.256 e. The van der Waals surface area contributed by atoms with Gasteiger partial charge in [0, 0.05) is 37.2 Å². The van der Waals surface area contributed by atoms with Crippen LogP contribution in [0.1, 0.15) is 95.2 Å². The van der Waals surface area contributed by atoms with Crippen LogP contribution in [-0.4, -0.2) is 76.4 Å². The van der Waals surface area contributed by atoms with Crippen molar-refractivity contribution in [2.24, 2.45) is 22.1 Å². The van der Waals surface area contributed by atoms with Crippen molar-refractivity contribution in [2.75, 3.05) is 22.2 Å². The van der Waals surface area contributed by atoms with Crippen molar-refractivity contribution >= 4 is 57.1 Å². The molecule has 6 aromatic rings. The fourth-order valence-electron chi connectivity index (χ4n) is 7.36. The second-order valence-electron chi connectivity index (χ2n) is 14.1. The number of hydrogen-bond donors (Lipinski definition) is 2. The highest BCUT2D eigenvalue weighted by Crippen LogP contribution is 2.49. The zero-order chi connectivity index (χ0) is 45.3. The lowest BCUT2D eigenvalue weighted by molar-refractivity contribution is -0.0592. The number of halogens is 4. The number of aromatic nitrogens is 6. The number of carbonyl (C=O) groups is 2. The number of fused-ring (bicyclic) bond motifs is 2. The van der Waals surface area contributed by atoms with E-state index in [0.717, 1.165) is 0 Å². The quantitative estimate of drug-likeness (QED) is 0.0439. The van der Waals surface area contributed by atoms with E-state index in [4.69, 9.17) is 21.9 Å². The first-order chi connectivity index (χ1) is 30.4. The number of ether oxygens (including phenoxy) is 2. The Balaban J connectivity index is 0.000000317. The van der Waals surface area contributed by atoms with Crippen molar-refractivity contribution in [1.29, 1.82) is 0 Å². The minimum Gasteiger partial charge on any atom is -0.356 e. The SMILES string of the molecule is C.C.C.CC[C@@]1(N=[N+]=[N-])O[C@@H](c2ccc3c(NC(=O)c4ccccc4)ncnn23)[C@H](F)[C@@H]1C.C[C@H]1[C@@H](F)[C@H](c2ccc3c(NC(=O)c4ccccc4)ncnn23)O[C@@]1(CI)N=[N+]=[N-].[2H]CF. The third-order valence-corrected chi connectivity index (χ3v) is 11.9. The number of nitrogens with one attached hydrogen (secondary N) is 2. The summed E-state index contributed by atoms with van der Waals surface area (Å²) in [6.45, 7) is 5.11. The molecule has 0 radical (unpaired) electrons. The molecular weight excluding hydrogens is 960 g/mol. The van der Waals surface area contributed by atoms with Gasteiger partial charge in [-0.15, -0.1) is 0 Å². The standard InChI is InChI=1S/C20H20FN7O2.C19H17FIN7O2.CH3F.3CH4/c1-3-20(26-27-22)12(2)16(21)17(30-20)14-9-10-15-18(23-11-24-28(14)15)25-19(29)13-7-5-4-6-8-13;1-11-15(20)16(30-19(11,9-21)26-27-22)13-7-8-14-17(23-10-24-28(13)14)25-18(29)12-5-3-2-4-6-12;1-2;;;/h4-12,16-17H,3H2,1-2H3,(H,23,24,25,29);2-8,10-11,15-16H,9H2,1H3,(H,23,24,25,29);1H3;3*1H4/t12-,16+,17-,20+;11-,15+,16-,19+;;;;/m00..../s1/i;;1D;;;. The third kappa shape index (κ3) is 10.3. The molecule has 346 valence electrons. The largest absolute Gasteiger partial charge is 0.356 e. The molecule has 22 heteroatoms. The fraction of sp³-hybridized carbons (Fsp3) is 0.395. The molecule has 18 nitrogen and oxygen atoms in total. The molecule has 0 bridgehead atoms. The average Bonchev–Trinajstić information content (AvgIpc) is 4.06. The van der Waals surface area contributed by atoms with Gasteiger partial charge in [-0.25, -0.2) is 27.8 Å². The zero-order valence-corrected chi connectivity index (χ0v) is 35.5. The minimum absolute atomic E-state index is 0. The molecule has 2 aliphatic heterocycles. The molecule has 0 saturated carbocycles. The summed E-state index contributed by atoms with van der Waals surface area (Å²) in [5.74, 6) is -1.32. The number of hydrogen-bond acceptors (Lipinski definition) is 10. The Hall–Kier alpha value is -6.32. The number of rotatable bonds is 10. The van der Waals surface area contributed by atoms with E-state index >= 15 is 8.78 Å². The Kier molecular flexibility index (Phi) is 18.2. The summed E-state index contributed by atoms with van der Waals surface area (Å²) in [7, 11) is -1.00. The van der Waals surface area contributed by atoms with Crippen molar-refractivity contribution in [3.8, 4) is 0 Å². The van der Waals surface area contributed by atoms with Gasteiger partial charge >= 0.3 is 0 Å². The van der Waals surface area contributed by atoms with E-state index in [1.165, 1.54) is 21.7 Å². The lowest BCUT2D eigenvalue weighted by Gasteiger charge is -2.25. The van der Waals surface area contributed by atoms with E-state index in [0.29, 0.717) is 56.0 Å². The molecule has 8 atom stereocenters. The van der Waals surface area contributed by atoms with E-state index in [9.17, 15) is 14.0 Å². The van der Waals surface area contributed by atoms with Gasteiger partial charge in [-0.05, 0) is 66.0 Å². The van der Waals surface area contributed by atoms with E-state index in [2.05, 4.69) is 50.9 Å². The lowest BCUT2D eigenvalue weighted by Crippen LogP contribution is -2.34.